The molecule has 1 N–H and O–H groups in total. The first-order valence-electron chi connectivity index (χ1n) is 6.33. The maximum atomic E-state index is 11.1. The Hall–Kier alpha value is -1.74. The van der Waals surface area contributed by atoms with Gasteiger partial charge in [0.15, 0.2) is 0 Å². The number of hydrogen-bond acceptors (Lipinski definition) is 3. The molecule has 4 heteroatoms. The van der Waals surface area contributed by atoms with Gasteiger partial charge >= 0.3 is 0 Å². The molecule has 0 bridgehead atoms. The average molecular weight is 274 g/mol. The van der Waals surface area contributed by atoms with Gasteiger partial charge in [0.1, 0.15) is 0 Å². The molecule has 3 rings (SSSR count). The first-order chi connectivity index (χ1) is 9.13. The van der Waals surface area contributed by atoms with Crippen molar-refractivity contribution in [1.82, 2.24) is 0 Å². The molecule has 0 saturated carbocycles. The number of halogens is 1. The van der Waals surface area contributed by atoms with Crippen molar-refractivity contribution in [2.75, 3.05) is 18.0 Å². The molecule has 0 aromatic heterocycles. The van der Waals surface area contributed by atoms with Gasteiger partial charge in [-0.3, -0.25) is 0 Å². The van der Waals surface area contributed by atoms with Gasteiger partial charge in [0.05, 0.1) is 0 Å². The minimum Gasteiger partial charge on any atom is -0.862 e. The number of nitrogens with zero attached hydrogens (tertiary/aromatic N) is 1. The van der Waals surface area contributed by atoms with Crippen LogP contribution in [0.1, 0.15) is 6.42 Å². The molecule has 0 aliphatic carbocycles. The summed E-state index contributed by atoms with van der Waals surface area (Å²) in [5.74, 6) is -0.587. The highest BCUT2D eigenvalue weighted by molar-refractivity contribution is 6.31. The monoisotopic (exact) mass is 273 g/mol. The first-order valence-corrected chi connectivity index (χ1v) is 6.71. The van der Waals surface area contributed by atoms with Crippen molar-refractivity contribution < 1.29 is 5.11 Å². The van der Waals surface area contributed by atoms with E-state index in [9.17, 15) is 5.11 Å². The summed E-state index contributed by atoms with van der Waals surface area (Å²) in [7, 11) is 0. The molecular formula is C15H14ClN2O-. The Kier molecular flexibility index (Phi) is 3.07. The van der Waals surface area contributed by atoms with Gasteiger partial charge in [0, 0.05) is 29.7 Å². The third-order valence-corrected chi connectivity index (χ3v) is 3.95. The standard InChI is InChI=1S/C15H15ClN2O/c16-13-3-1-11-8-14(4-2-10(11)7-13)18-6-5-12(9-18)15(17)19/h1-4,7-8,12H,5-6,9H2,(H2,17,19)/p-1. The molecule has 1 aliphatic heterocycles. The smallest absolute Gasteiger partial charge is 0.0412 e. The first kappa shape index (κ1) is 12.3. The number of benzene rings is 2. The van der Waals surface area contributed by atoms with Crippen LogP contribution < -0.4 is 10.0 Å². The van der Waals surface area contributed by atoms with E-state index >= 15 is 0 Å². The van der Waals surface area contributed by atoms with Crippen LogP contribution in [0.2, 0.25) is 5.02 Å². The van der Waals surface area contributed by atoms with Gasteiger partial charge in [-0.2, -0.15) is 0 Å². The molecule has 0 spiro atoms. The van der Waals surface area contributed by atoms with Crippen molar-refractivity contribution in [3.63, 3.8) is 0 Å². The minimum atomic E-state index is -0.449. The highest BCUT2D eigenvalue weighted by atomic mass is 35.5. The summed E-state index contributed by atoms with van der Waals surface area (Å²) in [4.78, 5) is 2.17. The Balaban J connectivity index is 1.90. The molecule has 0 amide bonds. The van der Waals surface area contributed by atoms with Gasteiger partial charge in [-0.1, -0.05) is 23.7 Å². The summed E-state index contributed by atoms with van der Waals surface area (Å²) >= 11 is 5.97. The summed E-state index contributed by atoms with van der Waals surface area (Å²) in [5.41, 5.74) is 1.11. The van der Waals surface area contributed by atoms with Gasteiger partial charge < -0.3 is 15.4 Å². The quantitative estimate of drug-likeness (QED) is 0.675. The van der Waals surface area contributed by atoms with E-state index < -0.39 is 5.90 Å². The van der Waals surface area contributed by atoms with E-state index in [1.165, 1.54) is 0 Å². The van der Waals surface area contributed by atoms with Gasteiger partial charge in [-0.15, -0.1) is 0 Å². The number of hydrogen-bond donors (Lipinski definition) is 1. The number of fused-ring (bicyclic) bond motifs is 1. The molecular weight excluding hydrogens is 260 g/mol. The predicted molar refractivity (Wildman–Crippen MR) is 77.0 cm³/mol. The lowest BCUT2D eigenvalue weighted by molar-refractivity contribution is -0.224. The maximum absolute atomic E-state index is 11.1. The lowest BCUT2D eigenvalue weighted by Gasteiger charge is -2.20. The second-order valence-corrected chi connectivity index (χ2v) is 5.41. The zero-order valence-corrected chi connectivity index (χ0v) is 11.2. The van der Waals surface area contributed by atoms with Crippen LogP contribution in [-0.2, 0) is 0 Å². The van der Waals surface area contributed by atoms with E-state index in [1.807, 2.05) is 24.3 Å². The molecule has 3 nitrogen and oxygen atoms in total. The van der Waals surface area contributed by atoms with E-state index in [0.29, 0.717) is 6.54 Å². The molecule has 2 aromatic carbocycles. The van der Waals surface area contributed by atoms with Crippen LogP contribution in [0.5, 0.6) is 0 Å². The lowest BCUT2D eigenvalue weighted by Crippen LogP contribution is -2.29. The van der Waals surface area contributed by atoms with Crippen molar-refractivity contribution in [3.05, 3.63) is 41.4 Å². The van der Waals surface area contributed by atoms with Crippen LogP contribution in [0.15, 0.2) is 36.4 Å². The van der Waals surface area contributed by atoms with Crippen LogP contribution in [0, 0.1) is 11.3 Å². The van der Waals surface area contributed by atoms with Gasteiger partial charge in [0.25, 0.3) is 0 Å². The second kappa shape index (κ2) is 4.74. The maximum Gasteiger partial charge on any atom is 0.0412 e. The van der Waals surface area contributed by atoms with Crippen molar-refractivity contribution in [2.24, 2.45) is 5.92 Å². The summed E-state index contributed by atoms with van der Waals surface area (Å²) in [6.45, 7) is 1.50. The van der Waals surface area contributed by atoms with Gasteiger partial charge in [-0.25, -0.2) is 0 Å². The van der Waals surface area contributed by atoms with E-state index in [2.05, 4.69) is 17.0 Å². The van der Waals surface area contributed by atoms with Crippen molar-refractivity contribution in [2.45, 2.75) is 6.42 Å². The fourth-order valence-corrected chi connectivity index (χ4v) is 2.79. The van der Waals surface area contributed by atoms with Crippen molar-refractivity contribution >= 4 is 34.0 Å². The van der Waals surface area contributed by atoms with E-state index in [0.717, 1.165) is 34.4 Å². The molecule has 2 aromatic rings. The Morgan fingerprint density at radius 2 is 1.95 bits per heavy atom. The largest absolute Gasteiger partial charge is 0.862 e. The van der Waals surface area contributed by atoms with E-state index in [4.69, 9.17) is 17.0 Å². The summed E-state index contributed by atoms with van der Waals surface area (Å²) in [6.07, 6.45) is 0.779. The number of anilines is 1. The molecule has 1 fully saturated rings. The van der Waals surface area contributed by atoms with Gasteiger partial charge in [-0.05, 0) is 47.4 Å². The Morgan fingerprint density at radius 1 is 1.21 bits per heavy atom. The Labute approximate surface area is 116 Å². The Morgan fingerprint density at radius 3 is 2.68 bits per heavy atom. The van der Waals surface area contributed by atoms with Crippen LogP contribution in [-0.4, -0.2) is 19.0 Å². The van der Waals surface area contributed by atoms with Crippen LogP contribution in [0.3, 0.4) is 0 Å². The van der Waals surface area contributed by atoms with Crippen LogP contribution >= 0.6 is 11.6 Å². The third kappa shape index (κ3) is 2.38. The van der Waals surface area contributed by atoms with Crippen LogP contribution in [0.25, 0.3) is 10.8 Å². The Bertz CT molecular complexity index is 641. The minimum absolute atomic E-state index is 0.138. The number of rotatable bonds is 2. The predicted octanol–water partition coefficient (Wildman–Crippen LogP) is 2.66. The fraction of sp³-hybridized carbons (Fsp3) is 0.267. The molecule has 1 atom stereocenters. The lowest BCUT2D eigenvalue weighted by atomic mass is 10.1. The normalized spacial score (nSPS) is 19.0. The summed E-state index contributed by atoms with van der Waals surface area (Å²) < 4.78 is 0. The highest BCUT2D eigenvalue weighted by Gasteiger charge is 2.22. The number of nitrogens with one attached hydrogen (secondary N) is 1. The van der Waals surface area contributed by atoms with Gasteiger partial charge in [0.2, 0.25) is 0 Å². The van der Waals surface area contributed by atoms with Crippen molar-refractivity contribution in [1.29, 1.82) is 5.41 Å². The molecule has 1 aliphatic rings. The molecule has 0 radical (unpaired) electrons. The molecule has 1 unspecified atom stereocenters. The van der Waals surface area contributed by atoms with Crippen LogP contribution in [0.4, 0.5) is 5.69 Å². The average Bonchev–Trinajstić information content (AvgIpc) is 2.88. The SMILES string of the molecule is N=C([O-])C1CCN(c2ccc3cc(Cl)ccc3c2)C1. The molecule has 1 heterocycles. The van der Waals surface area contributed by atoms with Crippen molar-refractivity contribution in [3.8, 4) is 0 Å². The topological polar surface area (TPSA) is 50.1 Å². The fourth-order valence-electron chi connectivity index (χ4n) is 2.61. The zero-order chi connectivity index (χ0) is 13.4. The highest BCUT2D eigenvalue weighted by Crippen LogP contribution is 2.28. The molecule has 1 saturated heterocycles. The van der Waals surface area contributed by atoms with E-state index in [1.54, 1.807) is 0 Å². The zero-order valence-electron chi connectivity index (χ0n) is 10.4. The van der Waals surface area contributed by atoms with E-state index in [-0.39, 0.29) is 5.92 Å². The third-order valence-electron chi connectivity index (χ3n) is 3.71. The molecule has 98 valence electrons. The molecule has 19 heavy (non-hydrogen) atoms. The summed E-state index contributed by atoms with van der Waals surface area (Å²) in [5, 5.41) is 21.3. The second-order valence-electron chi connectivity index (χ2n) is 4.97. The summed E-state index contributed by atoms with van der Waals surface area (Å²) in [6, 6.07) is 12.0.